The van der Waals surface area contributed by atoms with Gasteiger partial charge < -0.3 is 9.64 Å². The molecule has 16 heavy (non-hydrogen) atoms. The number of fused-ring (bicyclic) bond motifs is 1. The Balaban J connectivity index is 1.89. The van der Waals surface area contributed by atoms with Crippen molar-refractivity contribution in [3.8, 4) is 0 Å². The molecule has 2 N–H and O–H groups in total. The lowest BCUT2D eigenvalue weighted by molar-refractivity contribution is 0.0186. The van der Waals surface area contributed by atoms with Crippen molar-refractivity contribution in [1.29, 1.82) is 0 Å². The Morgan fingerprint density at radius 1 is 1.38 bits per heavy atom. The Bertz CT molecular complexity index is 280. The van der Waals surface area contributed by atoms with Gasteiger partial charge in [0.05, 0.1) is 6.04 Å². The number of piperidine rings is 1. The highest BCUT2D eigenvalue weighted by atomic mass is 32.2. The smallest absolute Gasteiger partial charge is 0.410 e. The van der Waals surface area contributed by atoms with Crippen LogP contribution in [-0.4, -0.2) is 41.8 Å². The second kappa shape index (κ2) is 4.43. The van der Waals surface area contributed by atoms with Gasteiger partial charge in [-0.2, -0.15) is 0 Å². The third kappa shape index (κ3) is 2.81. The molecule has 0 aromatic rings. The van der Waals surface area contributed by atoms with E-state index in [4.69, 9.17) is 4.74 Å². The molecule has 0 aromatic heterocycles. The van der Waals surface area contributed by atoms with Crippen LogP contribution in [0.5, 0.6) is 0 Å². The average Bonchev–Trinajstić information content (AvgIpc) is 2.61. The molecule has 0 radical (unpaired) electrons. The molecule has 0 spiro atoms. The van der Waals surface area contributed by atoms with Gasteiger partial charge in [-0.25, -0.2) is 14.2 Å². The summed E-state index contributed by atoms with van der Waals surface area (Å²) in [5.74, 6) is 0. The van der Waals surface area contributed by atoms with Crippen LogP contribution in [0.1, 0.15) is 27.2 Å². The number of ether oxygens (including phenoxy) is 1. The van der Waals surface area contributed by atoms with E-state index >= 15 is 0 Å². The lowest BCUT2D eigenvalue weighted by Crippen LogP contribution is -2.53. The van der Waals surface area contributed by atoms with Gasteiger partial charge in [0.2, 0.25) is 0 Å². The Morgan fingerprint density at radius 2 is 2.06 bits per heavy atom. The molecule has 0 aliphatic carbocycles. The largest absolute Gasteiger partial charge is 0.444 e. The first-order chi connectivity index (χ1) is 7.46. The summed E-state index contributed by atoms with van der Waals surface area (Å²) in [5.41, 5.74) is -0.413. The summed E-state index contributed by atoms with van der Waals surface area (Å²) in [7, 11) is 0. The molecule has 2 heterocycles. The van der Waals surface area contributed by atoms with E-state index in [0.717, 1.165) is 19.5 Å². The summed E-state index contributed by atoms with van der Waals surface area (Å²) in [6.07, 6.45) is 0.772. The minimum atomic E-state index is -0.413. The zero-order chi connectivity index (χ0) is 11.8. The summed E-state index contributed by atoms with van der Waals surface area (Å²) >= 11 is 1.53. The summed E-state index contributed by atoms with van der Waals surface area (Å²) in [6.45, 7) is 7.17. The van der Waals surface area contributed by atoms with Crippen LogP contribution in [0.3, 0.4) is 0 Å². The lowest BCUT2D eigenvalue weighted by atomic mass is 10.0. The highest BCUT2D eigenvalue weighted by Gasteiger charge is 2.36. The van der Waals surface area contributed by atoms with Gasteiger partial charge in [-0.1, -0.05) is 0 Å². The van der Waals surface area contributed by atoms with Crippen LogP contribution in [0.15, 0.2) is 0 Å². The monoisotopic (exact) mass is 245 g/mol. The Hall–Kier alpha value is -0.460. The quantitative estimate of drug-likeness (QED) is 0.626. The predicted octanol–water partition coefficient (Wildman–Crippen LogP) is 1.12. The van der Waals surface area contributed by atoms with Crippen LogP contribution >= 0.6 is 12.1 Å². The highest BCUT2D eigenvalue weighted by Crippen LogP contribution is 2.21. The lowest BCUT2D eigenvalue weighted by Gasteiger charge is -2.34. The van der Waals surface area contributed by atoms with Gasteiger partial charge in [0.1, 0.15) is 5.60 Å². The summed E-state index contributed by atoms with van der Waals surface area (Å²) in [5, 5.41) is 0. The Kier molecular flexibility index (Phi) is 3.32. The fourth-order valence-corrected chi connectivity index (χ4v) is 2.78. The third-order valence-electron chi connectivity index (χ3n) is 2.69. The van der Waals surface area contributed by atoms with E-state index < -0.39 is 5.60 Å². The summed E-state index contributed by atoms with van der Waals surface area (Å²) in [4.78, 5) is 13.6. The van der Waals surface area contributed by atoms with Crippen LogP contribution in [0.4, 0.5) is 4.79 Å². The van der Waals surface area contributed by atoms with Gasteiger partial charge in [-0.05, 0) is 27.2 Å². The first-order valence-electron chi connectivity index (χ1n) is 5.60. The van der Waals surface area contributed by atoms with E-state index in [2.05, 4.69) is 9.44 Å². The van der Waals surface area contributed by atoms with Crippen molar-refractivity contribution in [1.82, 2.24) is 14.3 Å². The predicted molar refractivity (Wildman–Crippen MR) is 63.9 cm³/mol. The van der Waals surface area contributed by atoms with Crippen LogP contribution < -0.4 is 9.44 Å². The van der Waals surface area contributed by atoms with E-state index in [-0.39, 0.29) is 6.09 Å². The van der Waals surface area contributed by atoms with E-state index in [9.17, 15) is 4.79 Å². The van der Waals surface area contributed by atoms with Gasteiger partial charge >= 0.3 is 6.09 Å². The SMILES string of the molecule is CC(C)(C)OC(=O)N1CCC2NSNC2C1. The highest BCUT2D eigenvalue weighted by molar-refractivity contribution is 7.95. The molecule has 0 bridgehead atoms. The zero-order valence-corrected chi connectivity index (χ0v) is 10.8. The van der Waals surface area contributed by atoms with Crippen molar-refractivity contribution in [2.24, 2.45) is 0 Å². The Labute approximate surface area is 101 Å². The summed E-state index contributed by atoms with van der Waals surface area (Å²) in [6, 6.07) is 0.815. The molecule has 2 aliphatic heterocycles. The molecule has 92 valence electrons. The molecule has 2 aliphatic rings. The van der Waals surface area contributed by atoms with Gasteiger partial charge in [-0.3, -0.25) is 0 Å². The molecule has 2 unspecified atom stereocenters. The molecule has 6 heteroatoms. The number of hydrogen-bond acceptors (Lipinski definition) is 5. The maximum Gasteiger partial charge on any atom is 0.410 e. The maximum absolute atomic E-state index is 11.9. The number of carbonyl (C=O) groups is 1. The third-order valence-corrected chi connectivity index (χ3v) is 3.53. The van der Waals surface area contributed by atoms with E-state index in [0.29, 0.717) is 12.1 Å². The first-order valence-corrected chi connectivity index (χ1v) is 6.42. The zero-order valence-electron chi connectivity index (χ0n) is 9.95. The second-order valence-electron chi connectivity index (χ2n) is 5.27. The molecular weight excluding hydrogens is 226 g/mol. The van der Waals surface area contributed by atoms with Crippen molar-refractivity contribution < 1.29 is 9.53 Å². The standard InChI is InChI=1S/C10H19N3O2S/c1-10(2,3)15-9(14)13-5-4-7-8(6-13)12-16-11-7/h7-8,11-12H,4-6H2,1-3H3. The van der Waals surface area contributed by atoms with Crippen molar-refractivity contribution in [3.63, 3.8) is 0 Å². The normalized spacial score (nSPS) is 30.1. The van der Waals surface area contributed by atoms with E-state index in [1.54, 1.807) is 4.90 Å². The molecular formula is C10H19N3O2S. The van der Waals surface area contributed by atoms with E-state index in [1.807, 2.05) is 20.8 Å². The molecule has 2 fully saturated rings. The molecule has 1 amide bonds. The van der Waals surface area contributed by atoms with Crippen LogP contribution in [0, 0.1) is 0 Å². The van der Waals surface area contributed by atoms with Gasteiger partial charge in [-0.15, -0.1) is 0 Å². The van der Waals surface area contributed by atoms with Crippen LogP contribution in [-0.2, 0) is 4.74 Å². The molecule has 0 saturated carbocycles. The van der Waals surface area contributed by atoms with Crippen molar-refractivity contribution in [3.05, 3.63) is 0 Å². The fourth-order valence-electron chi connectivity index (χ4n) is 1.89. The number of amides is 1. The number of nitrogens with zero attached hydrogens (tertiary/aromatic N) is 1. The number of hydrogen-bond donors (Lipinski definition) is 2. The minimum Gasteiger partial charge on any atom is -0.444 e. The first kappa shape index (κ1) is 12.0. The minimum absolute atomic E-state index is 0.204. The number of likely N-dealkylation sites (tertiary alicyclic amines) is 1. The van der Waals surface area contributed by atoms with Gasteiger partial charge in [0, 0.05) is 31.3 Å². The number of carbonyl (C=O) groups excluding carboxylic acids is 1. The molecule has 2 rings (SSSR count). The van der Waals surface area contributed by atoms with Crippen LogP contribution in [0.25, 0.3) is 0 Å². The molecule has 0 aromatic carbocycles. The van der Waals surface area contributed by atoms with Crippen LogP contribution in [0.2, 0.25) is 0 Å². The summed E-state index contributed by atoms with van der Waals surface area (Å²) < 4.78 is 11.9. The second-order valence-corrected chi connectivity index (χ2v) is 5.94. The maximum atomic E-state index is 11.9. The van der Waals surface area contributed by atoms with Crippen molar-refractivity contribution >= 4 is 18.2 Å². The molecule has 2 atom stereocenters. The van der Waals surface area contributed by atoms with Crippen molar-refractivity contribution in [2.45, 2.75) is 44.9 Å². The number of nitrogens with one attached hydrogen (secondary N) is 2. The topological polar surface area (TPSA) is 53.6 Å². The van der Waals surface area contributed by atoms with Gasteiger partial charge in [0.15, 0.2) is 0 Å². The van der Waals surface area contributed by atoms with Gasteiger partial charge in [0.25, 0.3) is 0 Å². The Morgan fingerprint density at radius 3 is 2.75 bits per heavy atom. The fraction of sp³-hybridized carbons (Fsp3) is 0.900. The van der Waals surface area contributed by atoms with Crippen molar-refractivity contribution in [2.75, 3.05) is 13.1 Å². The molecule has 2 saturated heterocycles. The van der Waals surface area contributed by atoms with E-state index in [1.165, 1.54) is 12.1 Å². The number of rotatable bonds is 0. The molecule has 5 nitrogen and oxygen atoms in total. The average molecular weight is 245 g/mol.